The molecule has 1 fully saturated rings. The maximum absolute atomic E-state index is 12.4. The third-order valence-corrected chi connectivity index (χ3v) is 3.73. The van der Waals surface area contributed by atoms with Gasteiger partial charge in [0, 0.05) is 50.4 Å². The van der Waals surface area contributed by atoms with E-state index in [1.807, 2.05) is 24.0 Å². The van der Waals surface area contributed by atoms with Crippen molar-refractivity contribution in [1.82, 2.24) is 9.80 Å². The number of hydrogen-bond donors (Lipinski definition) is 1. The van der Waals surface area contributed by atoms with Crippen molar-refractivity contribution >= 4 is 11.6 Å². The number of rotatable bonds is 3. The lowest BCUT2D eigenvalue weighted by Gasteiger charge is -2.34. The van der Waals surface area contributed by atoms with Crippen molar-refractivity contribution in [3.63, 3.8) is 0 Å². The number of nitrogens with zero attached hydrogens (tertiary/aromatic N) is 3. The first-order valence-corrected chi connectivity index (χ1v) is 6.86. The van der Waals surface area contributed by atoms with E-state index in [1.54, 1.807) is 6.07 Å². The molecule has 5 heteroatoms. The largest absolute Gasteiger partial charge is 0.398 e. The quantitative estimate of drug-likeness (QED) is 0.840. The van der Waals surface area contributed by atoms with Gasteiger partial charge in [0.25, 0.3) is 5.91 Å². The van der Waals surface area contributed by atoms with Gasteiger partial charge in [-0.2, -0.15) is 5.26 Å². The van der Waals surface area contributed by atoms with Gasteiger partial charge in [-0.15, -0.1) is 0 Å². The Kier molecular flexibility index (Phi) is 4.59. The zero-order valence-corrected chi connectivity index (χ0v) is 11.8. The highest BCUT2D eigenvalue weighted by Gasteiger charge is 2.21. The summed E-state index contributed by atoms with van der Waals surface area (Å²) in [7, 11) is 0. The van der Waals surface area contributed by atoms with Crippen molar-refractivity contribution in [1.29, 1.82) is 5.26 Å². The summed E-state index contributed by atoms with van der Waals surface area (Å²) in [5.74, 6) is 0.0385. The molecule has 1 aliphatic heterocycles. The molecule has 1 amide bonds. The molecule has 1 aromatic carbocycles. The molecule has 0 saturated carbocycles. The Balaban J connectivity index is 1.94. The van der Waals surface area contributed by atoms with Crippen molar-refractivity contribution in [2.24, 2.45) is 0 Å². The van der Waals surface area contributed by atoms with Crippen molar-refractivity contribution in [2.45, 2.75) is 13.3 Å². The smallest absolute Gasteiger partial charge is 0.254 e. The average Bonchev–Trinajstić information content (AvgIpc) is 2.48. The third kappa shape index (κ3) is 3.28. The van der Waals surface area contributed by atoms with Crippen LogP contribution in [0, 0.1) is 18.3 Å². The minimum Gasteiger partial charge on any atom is -0.398 e. The Bertz CT molecular complexity index is 527. The Morgan fingerprint density at radius 2 is 2.05 bits per heavy atom. The molecular formula is C15H20N4O. The van der Waals surface area contributed by atoms with Crippen LogP contribution in [0.25, 0.3) is 0 Å². The van der Waals surface area contributed by atoms with E-state index in [4.69, 9.17) is 11.0 Å². The second-order valence-electron chi connectivity index (χ2n) is 5.11. The van der Waals surface area contributed by atoms with Crippen LogP contribution in [0.5, 0.6) is 0 Å². The topological polar surface area (TPSA) is 73.4 Å². The Hall–Kier alpha value is -2.06. The lowest BCUT2D eigenvalue weighted by atomic mass is 10.1. The van der Waals surface area contributed by atoms with Crippen LogP contribution in [0.2, 0.25) is 0 Å². The molecule has 0 radical (unpaired) electrons. The molecule has 0 atom stereocenters. The molecule has 1 saturated heterocycles. The fourth-order valence-corrected chi connectivity index (χ4v) is 2.34. The third-order valence-electron chi connectivity index (χ3n) is 3.73. The SMILES string of the molecule is Cc1ccc(C(=O)N2CCN(CCC#N)CC2)cc1N. The molecule has 5 nitrogen and oxygen atoms in total. The maximum Gasteiger partial charge on any atom is 0.254 e. The van der Waals surface area contributed by atoms with Gasteiger partial charge in [-0.05, 0) is 24.6 Å². The van der Waals surface area contributed by atoms with Gasteiger partial charge in [-0.1, -0.05) is 6.07 Å². The molecule has 2 N–H and O–H groups in total. The number of carbonyl (C=O) groups excluding carboxylic acids is 1. The standard InChI is InChI=1S/C15H20N4O/c1-12-3-4-13(11-14(12)17)15(20)19-9-7-18(8-10-19)6-2-5-16/h3-4,11H,2,6-10,17H2,1H3. The lowest BCUT2D eigenvalue weighted by molar-refractivity contribution is 0.0640. The predicted octanol–water partition coefficient (Wildman–Crippen LogP) is 1.25. The normalized spacial score (nSPS) is 15.9. The van der Waals surface area contributed by atoms with Gasteiger partial charge in [0.15, 0.2) is 0 Å². The molecule has 1 aromatic rings. The van der Waals surface area contributed by atoms with Crippen molar-refractivity contribution in [3.8, 4) is 6.07 Å². The van der Waals surface area contributed by atoms with Gasteiger partial charge in [-0.25, -0.2) is 0 Å². The van der Waals surface area contributed by atoms with Crippen molar-refractivity contribution in [2.75, 3.05) is 38.5 Å². The molecule has 106 valence electrons. The van der Waals surface area contributed by atoms with Crippen LogP contribution < -0.4 is 5.73 Å². The van der Waals surface area contributed by atoms with Gasteiger partial charge in [-0.3, -0.25) is 9.69 Å². The van der Waals surface area contributed by atoms with Gasteiger partial charge in [0.1, 0.15) is 0 Å². The van der Waals surface area contributed by atoms with E-state index in [0.29, 0.717) is 30.8 Å². The number of amides is 1. The van der Waals surface area contributed by atoms with Crippen LogP contribution in [0.1, 0.15) is 22.3 Å². The first-order valence-electron chi connectivity index (χ1n) is 6.86. The second kappa shape index (κ2) is 6.40. The van der Waals surface area contributed by atoms with Crippen molar-refractivity contribution < 1.29 is 4.79 Å². The Morgan fingerprint density at radius 3 is 2.65 bits per heavy atom. The Morgan fingerprint density at radius 1 is 1.35 bits per heavy atom. The predicted molar refractivity (Wildman–Crippen MR) is 78.2 cm³/mol. The highest BCUT2D eigenvalue weighted by Crippen LogP contribution is 2.15. The van der Waals surface area contributed by atoms with E-state index in [0.717, 1.165) is 25.2 Å². The zero-order valence-electron chi connectivity index (χ0n) is 11.8. The monoisotopic (exact) mass is 272 g/mol. The zero-order chi connectivity index (χ0) is 14.5. The van der Waals surface area contributed by atoms with Crippen LogP contribution in [-0.4, -0.2) is 48.4 Å². The highest BCUT2D eigenvalue weighted by molar-refractivity contribution is 5.95. The molecule has 2 rings (SSSR count). The number of piperazine rings is 1. The van der Waals surface area contributed by atoms with Crippen LogP contribution in [0.15, 0.2) is 18.2 Å². The van der Waals surface area contributed by atoms with Crippen LogP contribution in [-0.2, 0) is 0 Å². The average molecular weight is 272 g/mol. The second-order valence-corrected chi connectivity index (χ2v) is 5.11. The van der Waals surface area contributed by atoms with E-state index in [-0.39, 0.29) is 5.91 Å². The van der Waals surface area contributed by atoms with E-state index >= 15 is 0 Å². The summed E-state index contributed by atoms with van der Waals surface area (Å²) in [6, 6.07) is 7.61. The molecule has 1 heterocycles. The molecule has 0 aliphatic carbocycles. The van der Waals surface area contributed by atoms with E-state index < -0.39 is 0 Å². The van der Waals surface area contributed by atoms with Gasteiger partial charge < -0.3 is 10.6 Å². The molecule has 1 aliphatic rings. The van der Waals surface area contributed by atoms with E-state index in [2.05, 4.69) is 11.0 Å². The van der Waals surface area contributed by atoms with Gasteiger partial charge in [0.05, 0.1) is 6.07 Å². The first-order chi connectivity index (χ1) is 9.61. The number of hydrogen-bond acceptors (Lipinski definition) is 4. The molecule has 0 unspecified atom stereocenters. The number of aryl methyl sites for hydroxylation is 1. The summed E-state index contributed by atoms with van der Waals surface area (Å²) in [6.07, 6.45) is 0.544. The van der Waals surface area contributed by atoms with Crippen LogP contribution in [0.3, 0.4) is 0 Å². The summed E-state index contributed by atoms with van der Waals surface area (Å²) in [4.78, 5) is 16.5. The first kappa shape index (κ1) is 14.4. The van der Waals surface area contributed by atoms with Gasteiger partial charge in [0.2, 0.25) is 0 Å². The minimum absolute atomic E-state index is 0.0385. The summed E-state index contributed by atoms with van der Waals surface area (Å²) >= 11 is 0. The number of nitrogens with two attached hydrogens (primary N) is 1. The molecule has 0 spiro atoms. The fraction of sp³-hybridized carbons (Fsp3) is 0.467. The molecule has 0 aromatic heterocycles. The number of benzene rings is 1. The summed E-state index contributed by atoms with van der Waals surface area (Å²) in [6.45, 7) is 5.78. The molecule has 0 bridgehead atoms. The number of carbonyl (C=O) groups is 1. The summed E-state index contributed by atoms with van der Waals surface area (Å²) in [5, 5.41) is 8.58. The van der Waals surface area contributed by atoms with Crippen molar-refractivity contribution in [3.05, 3.63) is 29.3 Å². The van der Waals surface area contributed by atoms with E-state index in [9.17, 15) is 4.79 Å². The van der Waals surface area contributed by atoms with Crippen LogP contribution in [0.4, 0.5) is 5.69 Å². The number of anilines is 1. The highest BCUT2D eigenvalue weighted by atomic mass is 16.2. The number of nitrogen functional groups attached to an aromatic ring is 1. The maximum atomic E-state index is 12.4. The fourth-order valence-electron chi connectivity index (χ4n) is 2.34. The molecule has 20 heavy (non-hydrogen) atoms. The number of nitriles is 1. The van der Waals surface area contributed by atoms with Gasteiger partial charge >= 0.3 is 0 Å². The van der Waals surface area contributed by atoms with E-state index in [1.165, 1.54) is 0 Å². The lowest BCUT2D eigenvalue weighted by Crippen LogP contribution is -2.48. The minimum atomic E-state index is 0.0385. The van der Waals surface area contributed by atoms with Crippen LogP contribution >= 0.6 is 0 Å². The molecular weight excluding hydrogens is 252 g/mol. The summed E-state index contributed by atoms with van der Waals surface area (Å²) < 4.78 is 0. The Labute approximate surface area is 119 Å². The summed E-state index contributed by atoms with van der Waals surface area (Å²) in [5.41, 5.74) is 8.15.